The highest BCUT2D eigenvalue weighted by Gasteiger charge is 2.47. The number of aliphatic hydroxyl groups is 2. The summed E-state index contributed by atoms with van der Waals surface area (Å²) in [6, 6.07) is 0. The van der Waals surface area contributed by atoms with Crippen LogP contribution in [-0.4, -0.2) is 46.3 Å². The molecule has 12 heavy (non-hydrogen) atoms. The number of Topliss-reactive ketones (excluding diaryl/α,β-unsaturated/α-hetero) is 1. The van der Waals surface area contributed by atoms with Crippen LogP contribution in [0, 0.1) is 0 Å². The van der Waals surface area contributed by atoms with E-state index < -0.39 is 17.1 Å². The van der Waals surface area contributed by atoms with E-state index in [2.05, 4.69) is 0 Å². The highest BCUT2D eigenvalue weighted by atomic mass is 16.4. The van der Waals surface area contributed by atoms with Gasteiger partial charge in [0.05, 0.1) is 0 Å². The van der Waals surface area contributed by atoms with E-state index in [0.717, 1.165) is 0 Å². The molecule has 0 aromatic heterocycles. The molecule has 0 unspecified atom stereocenters. The minimum absolute atomic E-state index is 0.457. The Morgan fingerprint density at radius 1 is 1.25 bits per heavy atom. The first kappa shape index (κ1) is 11.6. The molecule has 0 radical (unpaired) electrons. The fraction of sp³-hybridized carbons (Fsp3) is 0.875. The Balaban J connectivity index is 4.88. The summed E-state index contributed by atoms with van der Waals surface area (Å²) in [7, 11) is 3.19. The topological polar surface area (TPSA) is 60.8 Å². The van der Waals surface area contributed by atoms with E-state index in [9.17, 15) is 15.0 Å². The van der Waals surface area contributed by atoms with Gasteiger partial charge in [0.15, 0.2) is 17.1 Å². The molecule has 72 valence electrons. The van der Waals surface area contributed by atoms with Crippen LogP contribution in [0.3, 0.4) is 0 Å². The number of carbonyl (C=O) groups excluding carboxylic acids is 1. The zero-order chi connectivity index (χ0) is 10.2. The minimum atomic E-state index is -1.74. The summed E-state index contributed by atoms with van der Waals surface area (Å²) < 4.78 is 0. The lowest BCUT2D eigenvalue weighted by atomic mass is 9.89. The fourth-order valence-electron chi connectivity index (χ4n) is 0.769. The van der Waals surface area contributed by atoms with E-state index in [1.807, 2.05) is 0 Å². The van der Waals surface area contributed by atoms with Crippen molar-refractivity contribution in [3.8, 4) is 0 Å². The van der Waals surface area contributed by atoms with Crippen molar-refractivity contribution in [3.05, 3.63) is 0 Å². The van der Waals surface area contributed by atoms with Crippen molar-refractivity contribution in [2.75, 3.05) is 14.1 Å². The summed E-state index contributed by atoms with van der Waals surface area (Å²) in [6.45, 7) is 3.95. The number of rotatable bonds is 3. The predicted molar refractivity (Wildman–Crippen MR) is 45.6 cm³/mol. The van der Waals surface area contributed by atoms with Crippen molar-refractivity contribution in [1.29, 1.82) is 0 Å². The van der Waals surface area contributed by atoms with Crippen molar-refractivity contribution in [3.63, 3.8) is 0 Å². The van der Waals surface area contributed by atoms with E-state index in [0.29, 0.717) is 0 Å². The van der Waals surface area contributed by atoms with E-state index in [4.69, 9.17) is 0 Å². The van der Waals surface area contributed by atoms with Gasteiger partial charge in [-0.3, -0.25) is 9.69 Å². The van der Waals surface area contributed by atoms with Gasteiger partial charge in [-0.25, -0.2) is 0 Å². The molecule has 2 atom stereocenters. The van der Waals surface area contributed by atoms with Crippen LogP contribution in [0.15, 0.2) is 0 Å². The molecule has 2 N–H and O–H groups in total. The van der Waals surface area contributed by atoms with Gasteiger partial charge < -0.3 is 10.2 Å². The lowest BCUT2D eigenvalue weighted by Gasteiger charge is -2.41. The molecule has 0 spiro atoms. The molecular weight excluding hydrogens is 158 g/mol. The monoisotopic (exact) mass is 175 g/mol. The van der Waals surface area contributed by atoms with Crippen LogP contribution < -0.4 is 0 Å². The van der Waals surface area contributed by atoms with Gasteiger partial charge in [-0.15, -0.1) is 0 Å². The Morgan fingerprint density at radius 2 is 1.58 bits per heavy atom. The zero-order valence-corrected chi connectivity index (χ0v) is 8.25. The number of likely N-dealkylation sites (N-methyl/N-ethyl adjacent to an activating group) is 1. The summed E-state index contributed by atoms with van der Waals surface area (Å²) in [6.07, 6.45) is 0. The normalized spacial score (nSPS) is 21.7. The molecule has 0 heterocycles. The van der Waals surface area contributed by atoms with Crippen LogP contribution in [0.5, 0.6) is 0 Å². The number of hydrogen-bond donors (Lipinski definition) is 2. The van der Waals surface area contributed by atoms with Crippen LogP contribution in [0.2, 0.25) is 0 Å². The van der Waals surface area contributed by atoms with Gasteiger partial charge in [-0.1, -0.05) is 0 Å². The van der Waals surface area contributed by atoms with Crippen LogP contribution in [0.25, 0.3) is 0 Å². The molecule has 4 nitrogen and oxygen atoms in total. The Bertz CT molecular complexity index is 185. The fourth-order valence-corrected chi connectivity index (χ4v) is 0.769. The van der Waals surface area contributed by atoms with E-state index in [1.54, 1.807) is 14.1 Å². The maximum absolute atomic E-state index is 11.0. The standard InChI is InChI=1S/C8H17NO3/c1-6(10)7(2,11)8(3,12)9(4)5/h11-12H,1-5H3/t7-,8-/m0/s1. The third kappa shape index (κ3) is 1.65. The number of carbonyl (C=O) groups is 1. The van der Waals surface area contributed by atoms with Crippen LogP contribution in [0.4, 0.5) is 0 Å². The lowest BCUT2D eigenvalue weighted by molar-refractivity contribution is -0.201. The molecule has 0 aromatic carbocycles. The average molecular weight is 175 g/mol. The number of hydrogen-bond acceptors (Lipinski definition) is 4. The lowest BCUT2D eigenvalue weighted by Crippen LogP contribution is -2.62. The van der Waals surface area contributed by atoms with Gasteiger partial charge >= 0.3 is 0 Å². The maximum atomic E-state index is 11.0. The third-order valence-electron chi connectivity index (χ3n) is 2.48. The quantitative estimate of drug-likeness (QED) is 0.573. The van der Waals surface area contributed by atoms with Crippen LogP contribution >= 0.6 is 0 Å². The SMILES string of the molecule is CC(=O)[C@](C)(O)[C@](C)(O)N(C)C. The number of ketones is 1. The summed E-state index contributed by atoms with van der Waals surface area (Å²) in [5.74, 6) is -0.457. The Kier molecular flexibility index (Phi) is 3.01. The molecule has 0 bridgehead atoms. The first-order valence-electron chi connectivity index (χ1n) is 3.77. The predicted octanol–water partition coefficient (Wildman–Crippen LogP) is -0.404. The highest BCUT2D eigenvalue weighted by molar-refractivity contribution is 5.85. The van der Waals surface area contributed by atoms with Crippen molar-refractivity contribution in [1.82, 2.24) is 4.90 Å². The van der Waals surface area contributed by atoms with E-state index in [1.165, 1.54) is 25.7 Å². The second-order valence-corrected chi connectivity index (χ2v) is 3.54. The van der Waals surface area contributed by atoms with Crippen LogP contribution in [0.1, 0.15) is 20.8 Å². The van der Waals surface area contributed by atoms with Crippen molar-refractivity contribution in [2.24, 2.45) is 0 Å². The largest absolute Gasteiger partial charge is 0.378 e. The molecule has 0 aliphatic heterocycles. The van der Waals surface area contributed by atoms with Crippen LogP contribution in [-0.2, 0) is 4.79 Å². The van der Waals surface area contributed by atoms with Gasteiger partial charge in [0, 0.05) is 0 Å². The maximum Gasteiger partial charge on any atom is 0.165 e. The molecule has 0 aliphatic rings. The molecule has 0 rings (SSSR count). The number of nitrogens with zero attached hydrogens (tertiary/aromatic N) is 1. The summed E-state index contributed by atoms with van der Waals surface area (Å²) in [5, 5.41) is 19.4. The van der Waals surface area contributed by atoms with Crippen molar-refractivity contribution >= 4 is 5.78 Å². The van der Waals surface area contributed by atoms with Gasteiger partial charge in [0.2, 0.25) is 0 Å². The summed E-state index contributed by atoms with van der Waals surface area (Å²) >= 11 is 0. The first-order chi connectivity index (χ1) is 5.14. The van der Waals surface area contributed by atoms with Gasteiger partial charge in [-0.2, -0.15) is 0 Å². The zero-order valence-electron chi connectivity index (χ0n) is 8.25. The third-order valence-corrected chi connectivity index (χ3v) is 2.48. The second kappa shape index (κ2) is 3.12. The van der Waals surface area contributed by atoms with Crippen molar-refractivity contribution in [2.45, 2.75) is 32.1 Å². The molecule has 0 fully saturated rings. The summed E-state index contributed by atoms with van der Waals surface area (Å²) in [4.78, 5) is 12.4. The van der Waals surface area contributed by atoms with Gasteiger partial charge in [-0.05, 0) is 34.9 Å². The summed E-state index contributed by atoms with van der Waals surface area (Å²) in [5.41, 5.74) is -3.28. The first-order valence-corrected chi connectivity index (χ1v) is 3.77. The smallest absolute Gasteiger partial charge is 0.165 e. The minimum Gasteiger partial charge on any atom is -0.378 e. The van der Waals surface area contributed by atoms with Gasteiger partial charge in [0.1, 0.15) is 0 Å². The van der Waals surface area contributed by atoms with E-state index in [-0.39, 0.29) is 0 Å². The van der Waals surface area contributed by atoms with E-state index >= 15 is 0 Å². The Morgan fingerprint density at radius 3 is 1.67 bits per heavy atom. The van der Waals surface area contributed by atoms with Crippen molar-refractivity contribution < 1.29 is 15.0 Å². The Labute approximate surface area is 72.8 Å². The second-order valence-electron chi connectivity index (χ2n) is 3.54. The molecular formula is C8H17NO3. The average Bonchev–Trinajstić information content (AvgIpc) is 1.86. The molecule has 0 amide bonds. The molecule has 0 aromatic rings. The van der Waals surface area contributed by atoms with Gasteiger partial charge in [0.25, 0.3) is 0 Å². The molecule has 4 heteroatoms. The highest BCUT2D eigenvalue weighted by Crippen LogP contribution is 2.24. The molecule has 0 saturated heterocycles. The molecule has 0 saturated carbocycles. The molecule has 0 aliphatic carbocycles. The Hall–Kier alpha value is -0.450.